The first-order valence-electron chi connectivity index (χ1n) is 9.54. The van der Waals surface area contributed by atoms with E-state index in [4.69, 9.17) is 0 Å². The lowest BCUT2D eigenvalue weighted by Gasteiger charge is -2.18. The van der Waals surface area contributed by atoms with Crippen LogP contribution in [0.5, 0.6) is 0 Å². The summed E-state index contributed by atoms with van der Waals surface area (Å²) in [6.07, 6.45) is 5.76. The molecule has 6 nitrogen and oxygen atoms in total. The number of rotatable bonds is 4. The van der Waals surface area contributed by atoms with Gasteiger partial charge >= 0.3 is 0 Å². The van der Waals surface area contributed by atoms with Gasteiger partial charge in [0, 0.05) is 4.88 Å². The molecule has 0 fully saturated rings. The topological polar surface area (TPSA) is 76.3 Å². The summed E-state index contributed by atoms with van der Waals surface area (Å²) in [6.45, 7) is 3.86. The van der Waals surface area contributed by atoms with Crippen LogP contribution in [0, 0.1) is 11.7 Å². The van der Waals surface area contributed by atoms with E-state index in [0.717, 1.165) is 29.7 Å². The maximum atomic E-state index is 13.1. The summed E-state index contributed by atoms with van der Waals surface area (Å²) in [6, 6.07) is 4.97. The minimum Gasteiger partial charge on any atom is -0.286 e. The van der Waals surface area contributed by atoms with E-state index in [2.05, 4.69) is 22.4 Å². The molecule has 1 amide bonds. The molecule has 1 aromatic carbocycles. The number of carbonyl (C=O) groups excluding carboxylic acids is 1. The largest absolute Gasteiger partial charge is 0.286 e. The second kappa shape index (κ2) is 7.87. The minimum absolute atomic E-state index is 0.188. The second-order valence-corrected chi connectivity index (χ2v) is 8.53. The van der Waals surface area contributed by atoms with Crippen LogP contribution in [0.25, 0.3) is 10.2 Å². The molecule has 2 heterocycles. The van der Waals surface area contributed by atoms with Crippen molar-refractivity contribution in [2.24, 2.45) is 11.0 Å². The lowest BCUT2D eigenvalue weighted by atomic mass is 9.89. The van der Waals surface area contributed by atoms with Crippen LogP contribution >= 0.6 is 11.3 Å². The van der Waals surface area contributed by atoms with Crippen molar-refractivity contribution in [2.75, 3.05) is 0 Å². The quantitative estimate of drug-likeness (QED) is 0.527. The molecule has 0 spiro atoms. The van der Waals surface area contributed by atoms with Crippen molar-refractivity contribution < 1.29 is 9.18 Å². The van der Waals surface area contributed by atoms with Crippen LogP contribution < -0.4 is 11.0 Å². The Morgan fingerprint density at radius 1 is 1.41 bits per heavy atom. The molecule has 4 rings (SSSR count). The second-order valence-electron chi connectivity index (χ2n) is 7.45. The smallest absolute Gasteiger partial charge is 0.263 e. The Kier molecular flexibility index (Phi) is 5.27. The number of benzene rings is 1. The summed E-state index contributed by atoms with van der Waals surface area (Å²) in [5.41, 5.74) is 3.99. The fourth-order valence-electron chi connectivity index (χ4n) is 3.56. The maximum absolute atomic E-state index is 13.1. The molecule has 150 valence electrons. The summed E-state index contributed by atoms with van der Waals surface area (Å²) in [4.78, 5) is 32.0. The molecule has 8 heteroatoms. The highest BCUT2D eigenvalue weighted by atomic mass is 32.1. The number of aryl methyl sites for hydroxylation is 1. The highest BCUT2D eigenvalue weighted by Crippen LogP contribution is 2.35. The van der Waals surface area contributed by atoms with Gasteiger partial charge in [0.25, 0.3) is 11.5 Å². The number of hydrogen-bond acceptors (Lipinski definition) is 5. The average Bonchev–Trinajstić information content (AvgIpc) is 3.07. The van der Waals surface area contributed by atoms with Gasteiger partial charge in [0.2, 0.25) is 0 Å². The summed E-state index contributed by atoms with van der Waals surface area (Å²) >= 11 is 1.58. The van der Waals surface area contributed by atoms with E-state index in [1.54, 1.807) is 30.4 Å². The Hall–Kier alpha value is -2.87. The van der Waals surface area contributed by atoms with Crippen LogP contribution in [0.15, 0.2) is 40.5 Å². The van der Waals surface area contributed by atoms with Gasteiger partial charge in [0.1, 0.15) is 16.7 Å². The fourth-order valence-corrected chi connectivity index (χ4v) is 4.90. The van der Waals surface area contributed by atoms with Crippen LogP contribution in [0.3, 0.4) is 0 Å². The van der Waals surface area contributed by atoms with Crippen molar-refractivity contribution in [1.82, 2.24) is 15.0 Å². The number of carbonyl (C=O) groups is 1. The Morgan fingerprint density at radius 3 is 2.93 bits per heavy atom. The van der Waals surface area contributed by atoms with E-state index >= 15 is 0 Å². The highest BCUT2D eigenvalue weighted by Gasteiger charge is 2.25. The zero-order valence-electron chi connectivity index (χ0n) is 16.2. The SMILES string of the molecule is C[C@H]1CCc2c(sc3ncn([C@@H](C)C(=O)NN=Cc4ccc(F)cc4)c(=O)c23)C1. The Bertz CT molecular complexity index is 1150. The van der Waals surface area contributed by atoms with E-state index in [1.165, 1.54) is 34.1 Å². The first-order chi connectivity index (χ1) is 13.9. The monoisotopic (exact) mass is 412 g/mol. The number of thiophene rings is 1. The first kappa shape index (κ1) is 19.4. The van der Waals surface area contributed by atoms with Gasteiger partial charge in [-0.3, -0.25) is 14.2 Å². The molecule has 0 bridgehead atoms. The fraction of sp³-hybridized carbons (Fsp3) is 0.333. The molecule has 0 aliphatic heterocycles. The van der Waals surface area contributed by atoms with Crippen molar-refractivity contribution in [3.05, 3.63) is 62.8 Å². The normalized spacial score (nSPS) is 17.4. The molecule has 2 aromatic heterocycles. The van der Waals surface area contributed by atoms with Crippen LogP contribution in [-0.4, -0.2) is 21.7 Å². The summed E-state index contributed by atoms with van der Waals surface area (Å²) in [5.74, 6) is -0.155. The number of hydrazone groups is 1. The molecule has 0 radical (unpaired) electrons. The number of aromatic nitrogens is 2. The van der Waals surface area contributed by atoms with Crippen LogP contribution in [-0.2, 0) is 17.6 Å². The predicted octanol–water partition coefficient (Wildman–Crippen LogP) is 3.43. The number of fused-ring (bicyclic) bond motifs is 3. The number of nitrogens with zero attached hydrogens (tertiary/aromatic N) is 3. The molecule has 2 atom stereocenters. The van der Waals surface area contributed by atoms with Gasteiger partial charge in [0.05, 0.1) is 17.9 Å². The molecule has 0 unspecified atom stereocenters. The van der Waals surface area contributed by atoms with E-state index in [-0.39, 0.29) is 11.4 Å². The zero-order valence-corrected chi connectivity index (χ0v) is 17.0. The van der Waals surface area contributed by atoms with Gasteiger partial charge in [0.15, 0.2) is 0 Å². The Labute approximate surface area is 171 Å². The van der Waals surface area contributed by atoms with Crippen LogP contribution in [0.2, 0.25) is 0 Å². The molecule has 0 saturated heterocycles. The predicted molar refractivity (Wildman–Crippen MR) is 112 cm³/mol. The molecule has 1 N–H and O–H groups in total. The molecule has 29 heavy (non-hydrogen) atoms. The van der Waals surface area contributed by atoms with Crippen molar-refractivity contribution in [2.45, 2.75) is 39.2 Å². The van der Waals surface area contributed by atoms with Gasteiger partial charge in [-0.25, -0.2) is 14.8 Å². The van der Waals surface area contributed by atoms with Crippen molar-refractivity contribution in [3.8, 4) is 0 Å². The summed E-state index contributed by atoms with van der Waals surface area (Å²) in [5, 5.41) is 4.54. The van der Waals surface area contributed by atoms with Gasteiger partial charge in [-0.05, 0) is 55.4 Å². The zero-order chi connectivity index (χ0) is 20.5. The number of hydrogen-bond donors (Lipinski definition) is 1. The van der Waals surface area contributed by atoms with Crippen molar-refractivity contribution >= 4 is 33.7 Å². The Balaban J connectivity index is 1.55. The van der Waals surface area contributed by atoms with Crippen molar-refractivity contribution in [1.29, 1.82) is 0 Å². The van der Waals surface area contributed by atoms with E-state index < -0.39 is 11.9 Å². The van der Waals surface area contributed by atoms with Gasteiger partial charge in [-0.1, -0.05) is 19.1 Å². The molecule has 1 aliphatic carbocycles. The number of nitrogens with one attached hydrogen (secondary N) is 1. The van der Waals surface area contributed by atoms with E-state index in [9.17, 15) is 14.0 Å². The molecule has 3 aromatic rings. The standard InChI is InChI=1S/C21H21FN4O2S/c1-12-3-8-16-17(9-12)29-20-18(16)21(28)26(11-23-20)13(2)19(27)25-24-10-14-4-6-15(22)7-5-14/h4-7,10-13H,3,8-9H2,1-2H3,(H,25,27)/t12-,13-/m0/s1. The maximum Gasteiger partial charge on any atom is 0.263 e. The van der Waals surface area contributed by atoms with Gasteiger partial charge in [-0.2, -0.15) is 5.10 Å². The van der Waals surface area contributed by atoms with E-state index in [1.807, 2.05) is 0 Å². The molecule has 1 aliphatic rings. The van der Waals surface area contributed by atoms with E-state index in [0.29, 0.717) is 16.9 Å². The molecular weight excluding hydrogens is 391 g/mol. The third-order valence-corrected chi connectivity index (χ3v) is 6.46. The lowest BCUT2D eigenvalue weighted by molar-refractivity contribution is -0.123. The number of amides is 1. The van der Waals surface area contributed by atoms with Gasteiger partial charge < -0.3 is 0 Å². The van der Waals surface area contributed by atoms with Crippen molar-refractivity contribution in [3.63, 3.8) is 0 Å². The summed E-state index contributed by atoms with van der Waals surface area (Å²) in [7, 11) is 0. The highest BCUT2D eigenvalue weighted by molar-refractivity contribution is 7.18. The summed E-state index contributed by atoms with van der Waals surface area (Å²) < 4.78 is 14.3. The van der Waals surface area contributed by atoms with Crippen LogP contribution in [0.1, 0.15) is 42.3 Å². The average molecular weight is 412 g/mol. The molecule has 0 saturated carbocycles. The third kappa shape index (κ3) is 3.85. The number of halogens is 1. The van der Waals surface area contributed by atoms with Crippen LogP contribution in [0.4, 0.5) is 4.39 Å². The third-order valence-electron chi connectivity index (χ3n) is 5.30. The first-order valence-corrected chi connectivity index (χ1v) is 10.4. The Morgan fingerprint density at radius 2 is 2.17 bits per heavy atom. The lowest BCUT2D eigenvalue weighted by Crippen LogP contribution is -2.34. The molecular formula is C21H21FN4O2S. The minimum atomic E-state index is -0.761. The van der Waals surface area contributed by atoms with Gasteiger partial charge in [-0.15, -0.1) is 11.3 Å².